The van der Waals surface area contributed by atoms with Gasteiger partial charge >= 0.3 is 13.1 Å². The molecule has 3 aliphatic heterocycles. The van der Waals surface area contributed by atoms with Crippen LogP contribution in [0.3, 0.4) is 0 Å². The van der Waals surface area contributed by atoms with E-state index in [4.69, 9.17) is 9.39 Å². The predicted molar refractivity (Wildman–Crippen MR) is 105 cm³/mol. The van der Waals surface area contributed by atoms with Gasteiger partial charge in [0.15, 0.2) is 0 Å². The van der Waals surface area contributed by atoms with Gasteiger partial charge in [0.05, 0.1) is 18.0 Å². The van der Waals surface area contributed by atoms with Gasteiger partial charge in [-0.05, 0) is 24.5 Å². The van der Waals surface area contributed by atoms with E-state index in [0.29, 0.717) is 12.0 Å². The topological polar surface area (TPSA) is 108 Å². The molecule has 1 aromatic rings. The van der Waals surface area contributed by atoms with Gasteiger partial charge in [-0.3, -0.25) is 4.79 Å². The summed E-state index contributed by atoms with van der Waals surface area (Å²) in [5.74, 6) is -0.496. The van der Waals surface area contributed by atoms with Gasteiger partial charge < -0.3 is 29.7 Å². The average Bonchev–Trinajstić information content (AvgIpc) is 3.11. The summed E-state index contributed by atoms with van der Waals surface area (Å²) in [5.41, 5.74) is 0.864. The summed E-state index contributed by atoms with van der Waals surface area (Å²) in [6.45, 7) is 3.54. The fraction of sp³-hybridized carbons (Fsp3) is 0.556. The van der Waals surface area contributed by atoms with E-state index in [1.165, 1.54) is 18.9 Å². The number of likely N-dealkylation sites (tertiary alicyclic amines) is 1. The Labute approximate surface area is 167 Å². The van der Waals surface area contributed by atoms with Crippen molar-refractivity contribution in [3.63, 3.8) is 0 Å². The van der Waals surface area contributed by atoms with E-state index in [0.717, 1.165) is 32.6 Å². The Balaban J connectivity index is 1.40. The summed E-state index contributed by atoms with van der Waals surface area (Å²) in [7, 11) is 0.205. The summed E-state index contributed by atoms with van der Waals surface area (Å²) >= 11 is 1.35. The molecule has 3 aliphatic rings. The largest absolute Gasteiger partial charge is 0.536 e. The summed E-state index contributed by atoms with van der Waals surface area (Å²) in [5, 5.41) is 22.8. The molecule has 10 heteroatoms. The first-order chi connectivity index (χ1) is 13.4. The van der Waals surface area contributed by atoms with E-state index in [2.05, 4.69) is 5.32 Å². The maximum absolute atomic E-state index is 12.6. The van der Waals surface area contributed by atoms with Crippen LogP contribution in [0.2, 0.25) is 0 Å². The van der Waals surface area contributed by atoms with Gasteiger partial charge in [-0.15, -0.1) is 11.8 Å². The van der Waals surface area contributed by atoms with E-state index < -0.39 is 13.1 Å². The Morgan fingerprint density at radius 2 is 2.25 bits per heavy atom. The number of thioether (sulfide) groups is 1. The molecule has 3 heterocycles. The Bertz CT molecular complexity index is 803. The molecule has 8 nitrogen and oxygen atoms in total. The van der Waals surface area contributed by atoms with Gasteiger partial charge in [-0.25, -0.2) is 4.79 Å². The Kier molecular flexibility index (Phi) is 5.20. The number of nitrogens with zero attached hydrogens (tertiary/aromatic N) is 1. The number of carbonyl (C=O) groups excluding carboxylic acids is 1. The van der Waals surface area contributed by atoms with Gasteiger partial charge in [0.1, 0.15) is 17.1 Å². The lowest BCUT2D eigenvalue weighted by molar-refractivity contribution is -0.127. The van der Waals surface area contributed by atoms with Crippen molar-refractivity contribution in [2.24, 2.45) is 5.41 Å². The standard InChI is InChI=1S/C18H23BN2O6S/c1-26-12-3-2-11-6-13(19(25)27-16(11)15(12)17(23)24)28-7-14(22)21-5-4-18(10-21)8-20-9-18/h2-3,13,20,25H,4-10H2,1H3,(H,23,24)/t13-/m0/s1. The first-order valence-corrected chi connectivity index (χ1v) is 10.4. The number of aromatic carboxylic acids is 1. The van der Waals surface area contributed by atoms with Crippen molar-refractivity contribution in [1.29, 1.82) is 0 Å². The van der Waals surface area contributed by atoms with E-state index >= 15 is 0 Å². The fourth-order valence-electron chi connectivity index (χ4n) is 4.12. The third-order valence-corrected chi connectivity index (χ3v) is 7.07. The van der Waals surface area contributed by atoms with Crippen LogP contribution in [0.25, 0.3) is 0 Å². The van der Waals surface area contributed by atoms with Crippen LogP contribution in [0.4, 0.5) is 0 Å². The molecule has 1 atom stereocenters. The van der Waals surface area contributed by atoms with Gasteiger partial charge in [0.2, 0.25) is 5.91 Å². The Morgan fingerprint density at radius 1 is 1.46 bits per heavy atom. The van der Waals surface area contributed by atoms with Gasteiger partial charge in [-0.1, -0.05) is 6.07 Å². The first-order valence-electron chi connectivity index (χ1n) is 9.30. The smallest absolute Gasteiger partial charge is 0.534 e. The number of benzene rings is 1. The number of carbonyl (C=O) groups is 2. The molecule has 0 saturated carbocycles. The number of nitrogens with one attached hydrogen (secondary N) is 1. The van der Waals surface area contributed by atoms with Crippen LogP contribution < -0.4 is 14.7 Å². The third kappa shape index (κ3) is 3.44. The predicted octanol–water partition coefficient (Wildman–Crippen LogP) is 0.272. The molecule has 28 heavy (non-hydrogen) atoms. The number of amides is 1. The second-order valence-corrected chi connectivity index (χ2v) is 8.89. The number of ether oxygens (including phenoxy) is 1. The molecule has 0 aliphatic carbocycles. The van der Waals surface area contributed by atoms with Crippen LogP contribution in [0.5, 0.6) is 11.5 Å². The van der Waals surface area contributed by atoms with Crippen molar-refractivity contribution < 1.29 is 29.1 Å². The van der Waals surface area contributed by atoms with E-state index in [1.54, 1.807) is 12.1 Å². The molecule has 2 saturated heterocycles. The van der Waals surface area contributed by atoms with Crippen LogP contribution in [0.1, 0.15) is 22.3 Å². The van der Waals surface area contributed by atoms with Crippen LogP contribution in [0, 0.1) is 5.41 Å². The van der Waals surface area contributed by atoms with Crippen LogP contribution in [-0.2, 0) is 11.2 Å². The minimum atomic E-state index is -1.18. The van der Waals surface area contributed by atoms with Crippen molar-refractivity contribution in [2.45, 2.75) is 18.0 Å². The quantitative estimate of drug-likeness (QED) is 0.599. The fourth-order valence-corrected chi connectivity index (χ4v) is 5.17. The lowest BCUT2D eigenvalue weighted by Crippen LogP contribution is -2.55. The Hall–Kier alpha value is -1.91. The van der Waals surface area contributed by atoms with Crippen LogP contribution in [-0.4, -0.2) is 78.2 Å². The van der Waals surface area contributed by atoms with E-state index in [-0.39, 0.29) is 39.3 Å². The lowest BCUT2D eigenvalue weighted by Gasteiger charge is -2.39. The summed E-state index contributed by atoms with van der Waals surface area (Å²) in [4.78, 5) is 26.1. The van der Waals surface area contributed by atoms with Gasteiger partial charge in [0, 0.05) is 31.6 Å². The summed E-state index contributed by atoms with van der Waals surface area (Å²) in [6.07, 6.45) is 1.46. The Morgan fingerprint density at radius 3 is 2.86 bits per heavy atom. The molecule has 1 aromatic carbocycles. The van der Waals surface area contributed by atoms with Crippen molar-refractivity contribution in [1.82, 2.24) is 10.2 Å². The number of carboxylic acids is 1. The number of methoxy groups -OCH3 is 1. The van der Waals surface area contributed by atoms with E-state index in [9.17, 15) is 19.7 Å². The molecule has 4 rings (SSSR count). The average molecular weight is 406 g/mol. The van der Waals surface area contributed by atoms with Crippen molar-refractivity contribution in [3.8, 4) is 11.5 Å². The highest BCUT2D eigenvalue weighted by molar-refractivity contribution is 8.01. The number of rotatable bonds is 5. The molecular formula is C18H23BN2O6S. The molecule has 1 spiro atoms. The summed E-state index contributed by atoms with van der Waals surface area (Å²) in [6, 6.07) is 3.34. The monoisotopic (exact) mass is 406 g/mol. The molecule has 150 valence electrons. The zero-order valence-electron chi connectivity index (χ0n) is 15.6. The molecular weight excluding hydrogens is 383 g/mol. The highest BCUT2D eigenvalue weighted by Crippen LogP contribution is 2.39. The minimum absolute atomic E-state index is 0.0766. The molecule has 1 amide bonds. The molecule has 3 N–H and O–H groups in total. The van der Waals surface area contributed by atoms with Crippen molar-refractivity contribution >= 4 is 30.8 Å². The van der Waals surface area contributed by atoms with Crippen LogP contribution >= 0.6 is 11.8 Å². The number of hydrogen-bond acceptors (Lipinski definition) is 7. The SMILES string of the molecule is COc1ccc2c(c1C(=O)O)OB(O)[C@@H](SCC(=O)N1CCC3(CNC3)C1)C2. The zero-order valence-corrected chi connectivity index (χ0v) is 16.5. The maximum atomic E-state index is 12.6. The second-order valence-electron chi connectivity index (χ2n) is 7.67. The zero-order chi connectivity index (χ0) is 19.9. The molecule has 2 fully saturated rings. The highest BCUT2D eigenvalue weighted by Gasteiger charge is 2.44. The van der Waals surface area contributed by atoms with Gasteiger partial charge in [-0.2, -0.15) is 0 Å². The minimum Gasteiger partial charge on any atom is -0.534 e. The molecule has 0 unspecified atom stereocenters. The number of hydrogen-bond donors (Lipinski definition) is 3. The lowest BCUT2D eigenvalue weighted by atomic mass is 9.77. The summed E-state index contributed by atoms with van der Waals surface area (Å²) < 4.78 is 10.6. The third-order valence-electron chi connectivity index (χ3n) is 5.82. The molecule has 0 bridgehead atoms. The number of carboxylic acid groups (broad SMARTS) is 1. The normalized spacial score (nSPS) is 22.4. The van der Waals surface area contributed by atoms with Crippen molar-refractivity contribution in [2.75, 3.05) is 39.0 Å². The first kappa shape index (κ1) is 19.4. The number of fused-ring (bicyclic) bond motifs is 1. The maximum Gasteiger partial charge on any atom is 0.536 e. The highest BCUT2D eigenvalue weighted by atomic mass is 32.2. The van der Waals surface area contributed by atoms with Crippen LogP contribution in [0.15, 0.2) is 12.1 Å². The van der Waals surface area contributed by atoms with Crippen molar-refractivity contribution in [3.05, 3.63) is 23.3 Å². The molecule has 0 radical (unpaired) electrons. The van der Waals surface area contributed by atoms with Gasteiger partial charge in [0.25, 0.3) is 0 Å². The molecule has 0 aromatic heterocycles. The second kappa shape index (κ2) is 7.49. The van der Waals surface area contributed by atoms with E-state index in [1.807, 2.05) is 4.90 Å².